The van der Waals surface area contributed by atoms with E-state index in [4.69, 9.17) is 27.9 Å². The van der Waals surface area contributed by atoms with Gasteiger partial charge in [0.1, 0.15) is 16.5 Å². The van der Waals surface area contributed by atoms with Gasteiger partial charge in [0.25, 0.3) is 10.0 Å². The molecule has 0 spiro atoms. The monoisotopic (exact) mass is 518 g/mol. The van der Waals surface area contributed by atoms with E-state index in [1.54, 1.807) is 23.6 Å². The summed E-state index contributed by atoms with van der Waals surface area (Å²) in [6.45, 7) is -0.0508. The zero-order chi connectivity index (χ0) is 23.4. The number of nitrogens with one attached hydrogen (secondary N) is 1. The van der Waals surface area contributed by atoms with E-state index in [0.717, 1.165) is 10.6 Å². The van der Waals surface area contributed by atoms with Crippen molar-refractivity contribution in [2.24, 2.45) is 0 Å². The van der Waals surface area contributed by atoms with Crippen LogP contribution in [0.4, 0.5) is 5.69 Å². The molecule has 4 rings (SSSR count). The van der Waals surface area contributed by atoms with Gasteiger partial charge < -0.3 is 4.74 Å². The third-order valence-corrected chi connectivity index (χ3v) is 7.62. The lowest BCUT2D eigenvalue weighted by atomic mass is 10.2. The maximum atomic E-state index is 12.9. The zero-order valence-corrected chi connectivity index (χ0v) is 20.0. The Morgan fingerprint density at radius 1 is 0.970 bits per heavy atom. The van der Waals surface area contributed by atoms with E-state index in [2.05, 4.69) is 9.71 Å². The molecule has 10 heteroatoms. The summed E-state index contributed by atoms with van der Waals surface area (Å²) in [6.07, 6.45) is 0. The number of rotatable bonds is 7. The van der Waals surface area contributed by atoms with Crippen LogP contribution in [0, 0.1) is 0 Å². The first-order chi connectivity index (χ1) is 15.8. The molecule has 0 amide bonds. The molecule has 0 saturated carbocycles. The molecule has 4 aromatic rings. The third kappa shape index (κ3) is 5.54. The summed E-state index contributed by atoms with van der Waals surface area (Å²) < 4.78 is 33.4. The number of hydrogen-bond donors (Lipinski definition) is 1. The standard InChI is InChI=1S/C23H16Cl2N2O4S2/c24-18-8-4-5-9-20(18)27-33(29,30)21-12-16(10-11-19(21)25)23(28)31-13-17-14-32-22(26-17)15-6-2-1-3-7-15/h1-12,14,27H,13H2. The number of ether oxygens (including phenoxy) is 1. The van der Waals surface area contributed by atoms with E-state index < -0.39 is 16.0 Å². The third-order valence-electron chi connectivity index (χ3n) is 4.50. The summed E-state index contributed by atoms with van der Waals surface area (Å²) in [5.41, 5.74) is 1.80. The Bertz CT molecular complexity index is 1410. The Kier molecular flexibility index (Phi) is 6.99. The summed E-state index contributed by atoms with van der Waals surface area (Å²) in [6, 6.07) is 19.9. The fraction of sp³-hybridized carbons (Fsp3) is 0.0435. The Labute approximate surface area is 204 Å². The fourth-order valence-corrected chi connectivity index (χ4v) is 5.55. The van der Waals surface area contributed by atoms with Crippen molar-refractivity contribution in [2.75, 3.05) is 4.72 Å². The van der Waals surface area contributed by atoms with Crippen LogP contribution in [0.2, 0.25) is 10.0 Å². The van der Waals surface area contributed by atoms with Crippen molar-refractivity contribution >= 4 is 56.2 Å². The smallest absolute Gasteiger partial charge is 0.338 e. The minimum atomic E-state index is -4.10. The number of aromatic nitrogens is 1. The molecule has 0 bridgehead atoms. The zero-order valence-electron chi connectivity index (χ0n) is 16.9. The van der Waals surface area contributed by atoms with Gasteiger partial charge in [-0.25, -0.2) is 18.2 Å². The van der Waals surface area contributed by atoms with Gasteiger partial charge in [-0.3, -0.25) is 4.72 Å². The molecule has 168 valence electrons. The van der Waals surface area contributed by atoms with Crippen molar-refractivity contribution in [3.05, 3.63) is 99.5 Å². The van der Waals surface area contributed by atoms with Gasteiger partial charge in [-0.15, -0.1) is 11.3 Å². The highest BCUT2D eigenvalue weighted by atomic mass is 35.5. The first kappa shape index (κ1) is 23.3. The highest BCUT2D eigenvalue weighted by Gasteiger charge is 2.22. The summed E-state index contributed by atoms with van der Waals surface area (Å²) in [7, 11) is -4.10. The van der Waals surface area contributed by atoms with Crippen LogP contribution < -0.4 is 4.72 Å². The number of sulfonamides is 1. The normalized spacial score (nSPS) is 11.2. The Balaban J connectivity index is 1.49. The Hall–Kier alpha value is -2.91. The topological polar surface area (TPSA) is 85.4 Å². The molecule has 1 aromatic heterocycles. The van der Waals surface area contributed by atoms with Crippen molar-refractivity contribution in [1.29, 1.82) is 0 Å². The van der Waals surface area contributed by atoms with E-state index in [0.29, 0.717) is 5.69 Å². The van der Waals surface area contributed by atoms with Crippen molar-refractivity contribution in [1.82, 2.24) is 4.98 Å². The lowest BCUT2D eigenvalue weighted by molar-refractivity contribution is 0.0468. The van der Waals surface area contributed by atoms with Gasteiger partial charge in [0, 0.05) is 10.9 Å². The predicted octanol–water partition coefficient (Wildman–Crippen LogP) is 6.27. The average molecular weight is 519 g/mol. The van der Waals surface area contributed by atoms with Crippen LogP contribution in [0.1, 0.15) is 16.1 Å². The van der Waals surface area contributed by atoms with Crippen molar-refractivity contribution in [2.45, 2.75) is 11.5 Å². The molecule has 0 saturated heterocycles. The number of anilines is 1. The van der Waals surface area contributed by atoms with E-state index in [-0.39, 0.29) is 32.8 Å². The summed E-state index contributed by atoms with van der Waals surface area (Å²) in [5, 5.41) is 2.80. The summed E-state index contributed by atoms with van der Waals surface area (Å²) >= 11 is 13.6. The maximum Gasteiger partial charge on any atom is 0.338 e. The second-order valence-electron chi connectivity index (χ2n) is 6.82. The van der Waals surface area contributed by atoms with Crippen LogP contribution in [0.5, 0.6) is 0 Å². The van der Waals surface area contributed by atoms with E-state index in [9.17, 15) is 13.2 Å². The van der Waals surface area contributed by atoms with Crippen LogP contribution in [0.3, 0.4) is 0 Å². The molecule has 0 aliphatic carbocycles. The van der Waals surface area contributed by atoms with Crippen LogP contribution in [0.25, 0.3) is 10.6 Å². The molecule has 1 heterocycles. The molecular weight excluding hydrogens is 503 g/mol. The Morgan fingerprint density at radius 2 is 1.70 bits per heavy atom. The number of carbonyl (C=O) groups excluding carboxylic acids is 1. The van der Waals surface area contributed by atoms with Crippen LogP contribution in [-0.2, 0) is 21.4 Å². The first-order valence-corrected chi connectivity index (χ1v) is 12.7. The van der Waals surface area contributed by atoms with Gasteiger partial charge in [0.2, 0.25) is 0 Å². The lowest BCUT2D eigenvalue weighted by Crippen LogP contribution is -2.15. The van der Waals surface area contributed by atoms with E-state index in [1.165, 1.54) is 35.6 Å². The molecule has 0 aliphatic heterocycles. The van der Waals surface area contributed by atoms with Gasteiger partial charge in [0.05, 0.1) is 27.0 Å². The van der Waals surface area contributed by atoms with Crippen molar-refractivity contribution in [3.8, 4) is 10.6 Å². The van der Waals surface area contributed by atoms with Crippen molar-refractivity contribution < 1.29 is 17.9 Å². The van der Waals surface area contributed by atoms with Gasteiger partial charge in [0.15, 0.2) is 0 Å². The first-order valence-electron chi connectivity index (χ1n) is 9.57. The molecule has 0 fully saturated rings. The second-order valence-corrected chi connectivity index (χ2v) is 10.1. The van der Waals surface area contributed by atoms with Gasteiger partial charge >= 0.3 is 5.97 Å². The fourth-order valence-electron chi connectivity index (χ4n) is 2.89. The minimum Gasteiger partial charge on any atom is -0.456 e. The molecular formula is C23H16Cl2N2O4S2. The molecule has 33 heavy (non-hydrogen) atoms. The number of halogens is 2. The summed E-state index contributed by atoms with van der Waals surface area (Å²) in [4.78, 5) is 16.8. The quantitative estimate of drug-likeness (QED) is 0.291. The molecule has 3 aromatic carbocycles. The summed E-state index contributed by atoms with van der Waals surface area (Å²) in [5.74, 6) is -0.699. The Morgan fingerprint density at radius 3 is 2.45 bits per heavy atom. The van der Waals surface area contributed by atoms with Crippen LogP contribution in [0.15, 0.2) is 83.1 Å². The molecule has 6 nitrogen and oxygen atoms in total. The van der Waals surface area contributed by atoms with E-state index in [1.807, 2.05) is 30.3 Å². The molecule has 1 N–H and O–H groups in total. The highest BCUT2D eigenvalue weighted by Crippen LogP contribution is 2.29. The molecule has 0 radical (unpaired) electrons. The predicted molar refractivity (Wildman–Crippen MR) is 130 cm³/mol. The molecule has 0 aliphatic rings. The van der Waals surface area contributed by atoms with Gasteiger partial charge in [-0.2, -0.15) is 0 Å². The number of nitrogens with zero attached hydrogens (tertiary/aromatic N) is 1. The van der Waals surface area contributed by atoms with E-state index >= 15 is 0 Å². The molecule has 0 atom stereocenters. The SMILES string of the molecule is O=C(OCc1csc(-c2ccccc2)n1)c1ccc(Cl)c(S(=O)(=O)Nc2ccccc2Cl)c1. The number of para-hydroxylation sites is 1. The number of thiazole rings is 1. The minimum absolute atomic E-state index is 0.0393. The number of benzene rings is 3. The lowest BCUT2D eigenvalue weighted by Gasteiger charge is -2.12. The van der Waals surface area contributed by atoms with Crippen molar-refractivity contribution in [3.63, 3.8) is 0 Å². The average Bonchev–Trinajstić information content (AvgIpc) is 3.29. The highest BCUT2D eigenvalue weighted by molar-refractivity contribution is 7.92. The maximum absolute atomic E-state index is 12.9. The largest absolute Gasteiger partial charge is 0.456 e. The van der Waals surface area contributed by atoms with Gasteiger partial charge in [-0.05, 0) is 30.3 Å². The van der Waals surface area contributed by atoms with Gasteiger partial charge in [-0.1, -0.05) is 65.7 Å². The number of carbonyl (C=O) groups is 1. The van der Waals surface area contributed by atoms with Crippen LogP contribution in [-0.4, -0.2) is 19.4 Å². The van der Waals surface area contributed by atoms with Crippen LogP contribution >= 0.6 is 34.5 Å². The number of hydrogen-bond acceptors (Lipinski definition) is 6. The number of esters is 1. The molecule has 0 unspecified atom stereocenters. The second kappa shape index (κ2) is 9.93.